The van der Waals surface area contributed by atoms with Gasteiger partial charge in [0.2, 0.25) is 0 Å². The van der Waals surface area contributed by atoms with Crippen molar-refractivity contribution in [3.05, 3.63) is 34.3 Å². The van der Waals surface area contributed by atoms with E-state index in [0.29, 0.717) is 6.04 Å². The molecule has 0 aliphatic heterocycles. The highest BCUT2D eigenvalue weighted by Crippen LogP contribution is 2.23. The van der Waals surface area contributed by atoms with E-state index in [-0.39, 0.29) is 0 Å². The largest absolute Gasteiger partial charge is 0.313 e. The Morgan fingerprint density at radius 3 is 2.81 bits per heavy atom. The molecule has 0 radical (unpaired) electrons. The summed E-state index contributed by atoms with van der Waals surface area (Å²) in [6.45, 7) is 2.03. The number of halogens is 1. The quantitative estimate of drug-likeness (QED) is 0.606. The molecule has 0 aliphatic rings. The first-order chi connectivity index (χ1) is 7.69. The van der Waals surface area contributed by atoms with Gasteiger partial charge in [-0.2, -0.15) is 0 Å². The average molecular weight is 236 g/mol. The third-order valence-corrected chi connectivity index (χ3v) is 3.17. The van der Waals surface area contributed by atoms with E-state index >= 15 is 0 Å². The molecule has 0 saturated heterocycles. The predicted molar refractivity (Wildman–Crippen MR) is 70.7 cm³/mol. The average Bonchev–Trinajstić information content (AvgIpc) is 2.29. The van der Waals surface area contributed by atoms with Gasteiger partial charge in [-0.1, -0.05) is 23.7 Å². The molecule has 0 aliphatic carbocycles. The van der Waals surface area contributed by atoms with Crippen molar-refractivity contribution in [1.82, 2.24) is 5.32 Å². The summed E-state index contributed by atoms with van der Waals surface area (Å²) >= 11 is 6.01. The molecule has 1 atom stereocenters. The molecule has 0 fully saturated rings. The summed E-state index contributed by atoms with van der Waals surface area (Å²) < 4.78 is 0. The molecule has 1 unspecified atom stereocenters. The first-order valence-electron chi connectivity index (χ1n) is 5.55. The Labute approximate surface area is 103 Å². The Hall–Kier alpha value is -0.970. The summed E-state index contributed by atoms with van der Waals surface area (Å²) in [6.07, 6.45) is 8.19. The summed E-state index contributed by atoms with van der Waals surface area (Å²) in [5.41, 5.74) is 2.40. The zero-order chi connectivity index (χ0) is 12.0. The Bertz CT molecular complexity index is 379. The molecule has 16 heavy (non-hydrogen) atoms. The summed E-state index contributed by atoms with van der Waals surface area (Å²) in [6, 6.07) is 6.54. The summed E-state index contributed by atoms with van der Waals surface area (Å²) in [5.74, 6) is 2.67. The van der Waals surface area contributed by atoms with Crippen LogP contribution in [0.15, 0.2) is 18.2 Å². The Morgan fingerprint density at radius 1 is 1.50 bits per heavy atom. The minimum Gasteiger partial charge on any atom is -0.313 e. The van der Waals surface area contributed by atoms with Crippen LogP contribution in [0.1, 0.15) is 36.4 Å². The predicted octanol–water partition coefficient (Wildman–Crippen LogP) is 3.71. The molecule has 1 rings (SSSR count). The van der Waals surface area contributed by atoms with E-state index in [1.54, 1.807) is 0 Å². The van der Waals surface area contributed by atoms with Crippen molar-refractivity contribution in [2.45, 2.75) is 32.2 Å². The fraction of sp³-hybridized carbons (Fsp3) is 0.429. The molecular formula is C14H18ClN. The summed E-state index contributed by atoms with van der Waals surface area (Å²) in [4.78, 5) is 0. The van der Waals surface area contributed by atoms with Crippen LogP contribution in [0.3, 0.4) is 0 Å². The molecule has 0 saturated carbocycles. The van der Waals surface area contributed by atoms with Gasteiger partial charge in [0.05, 0.1) is 0 Å². The van der Waals surface area contributed by atoms with Gasteiger partial charge in [0.1, 0.15) is 0 Å². The molecule has 0 bridgehead atoms. The van der Waals surface area contributed by atoms with E-state index in [9.17, 15) is 0 Å². The van der Waals surface area contributed by atoms with Crippen molar-refractivity contribution in [3.63, 3.8) is 0 Å². The molecule has 1 aromatic rings. The molecular weight excluding hydrogens is 218 g/mol. The zero-order valence-electron chi connectivity index (χ0n) is 9.89. The van der Waals surface area contributed by atoms with E-state index in [1.165, 1.54) is 5.56 Å². The van der Waals surface area contributed by atoms with Crippen LogP contribution in [0.4, 0.5) is 0 Å². The standard InChI is InChI=1S/C14H18ClN/c1-4-5-6-7-14(16-3)12-8-9-13(15)11(2)10-12/h1,8-10,14,16H,5-7H2,2-3H3. The number of terminal acetylenes is 1. The number of unbranched alkanes of at least 4 members (excludes halogenated alkanes) is 1. The van der Waals surface area contributed by atoms with Crippen LogP contribution in [-0.2, 0) is 0 Å². The third kappa shape index (κ3) is 3.56. The van der Waals surface area contributed by atoms with Crippen LogP contribution in [-0.4, -0.2) is 7.05 Å². The van der Waals surface area contributed by atoms with Crippen LogP contribution in [0, 0.1) is 19.3 Å². The van der Waals surface area contributed by atoms with Gasteiger partial charge >= 0.3 is 0 Å². The maximum atomic E-state index is 6.01. The Morgan fingerprint density at radius 2 is 2.25 bits per heavy atom. The molecule has 0 amide bonds. The maximum Gasteiger partial charge on any atom is 0.0435 e. The van der Waals surface area contributed by atoms with Crippen molar-refractivity contribution >= 4 is 11.6 Å². The minimum atomic E-state index is 0.365. The summed E-state index contributed by atoms with van der Waals surface area (Å²) in [5, 5.41) is 4.13. The SMILES string of the molecule is C#CCCCC(NC)c1ccc(Cl)c(C)c1. The van der Waals surface area contributed by atoms with Gasteiger partial charge in [-0.05, 0) is 44.0 Å². The number of hydrogen-bond acceptors (Lipinski definition) is 1. The van der Waals surface area contributed by atoms with E-state index in [4.69, 9.17) is 18.0 Å². The second-order valence-electron chi connectivity index (χ2n) is 3.95. The van der Waals surface area contributed by atoms with Crippen molar-refractivity contribution in [2.75, 3.05) is 7.05 Å². The molecule has 0 aromatic heterocycles. The van der Waals surface area contributed by atoms with Gasteiger partial charge in [-0.25, -0.2) is 0 Å². The van der Waals surface area contributed by atoms with Gasteiger partial charge in [-0.3, -0.25) is 0 Å². The van der Waals surface area contributed by atoms with E-state index in [2.05, 4.69) is 23.4 Å². The lowest BCUT2D eigenvalue weighted by atomic mass is 9.99. The summed E-state index contributed by atoms with van der Waals surface area (Å²) in [7, 11) is 1.98. The second kappa shape index (κ2) is 6.58. The van der Waals surface area contributed by atoms with Gasteiger partial charge < -0.3 is 5.32 Å². The first kappa shape index (κ1) is 13.1. The van der Waals surface area contributed by atoms with Crippen molar-refractivity contribution in [2.24, 2.45) is 0 Å². The lowest BCUT2D eigenvalue weighted by Gasteiger charge is -2.17. The monoisotopic (exact) mass is 235 g/mol. The highest BCUT2D eigenvalue weighted by atomic mass is 35.5. The number of benzene rings is 1. The lowest BCUT2D eigenvalue weighted by molar-refractivity contribution is 0.532. The first-order valence-corrected chi connectivity index (χ1v) is 5.93. The van der Waals surface area contributed by atoms with Gasteiger partial charge in [0.25, 0.3) is 0 Å². The molecule has 1 nitrogen and oxygen atoms in total. The molecule has 1 N–H and O–H groups in total. The fourth-order valence-corrected chi connectivity index (χ4v) is 1.89. The fourth-order valence-electron chi connectivity index (χ4n) is 1.77. The van der Waals surface area contributed by atoms with Crippen LogP contribution in [0.2, 0.25) is 5.02 Å². The number of nitrogens with one attached hydrogen (secondary N) is 1. The maximum absolute atomic E-state index is 6.01. The topological polar surface area (TPSA) is 12.0 Å². The second-order valence-corrected chi connectivity index (χ2v) is 4.35. The number of aryl methyl sites for hydroxylation is 1. The van der Waals surface area contributed by atoms with Gasteiger partial charge in [-0.15, -0.1) is 12.3 Å². The van der Waals surface area contributed by atoms with E-state index < -0.39 is 0 Å². The molecule has 0 heterocycles. The smallest absolute Gasteiger partial charge is 0.0435 e. The van der Waals surface area contributed by atoms with Gasteiger partial charge in [0, 0.05) is 17.5 Å². The van der Waals surface area contributed by atoms with Crippen molar-refractivity contribution in [1.29, 1.82) is 0 Å². The number of hydrogen-bond donors (Lipinski definition) is 1. The normalized spacial score (nSPS) is 12.1. The van der Waals surface area contributed by atoms with Crippen LogP contribution < -0.4 is 5.32 Å². The Balaban J connectivity index is 2.71. The molecule has 86 valence electrons. The van der Waals surface area contributed by atoms with Crippen LogP contribution in [0.25, 0.3) is 0 Å². The van der Waals surface area contributed by atoms with Crippen LogP contribution in [0.5, 0.6) is 0 Å². The minimum absolute atomic E-state index is 0.365. The van der Waals surface area contributed by atoms with E-state index in [0.717, 1.165) is 29.8 Å². The molecule has 1 aromatic carbocycles. The zero-order valence-corrected chi connectivity index (χ0v) is 10.6. The molecule has 2 heteroatoms. The lowest BCUT2D eigenvalue weighted by Crippen LogP contribution is -2.16. The highest BCUT2D eigenvalue weighted by Gasteiger charge is 2.09. The highest BCUT2D eigenvalue weighted by molar-refractivity contribution is 6.31. The van der Waals surface area contributed by atoms with Gasteiger partial charge in [0.15, 0.2) is 0 Å². The van der Waals surface area contributed by atoms with Crippen molar-refractivity contribution < 1.29 is 0 Å². The molecule has 0 spiro atoms. The van der Waals surface area contributed by atoms with Crippen molar-refractivity contribution in [3.8, 4) is 12.3 Å². The van der Waals surface area contributed by atoms with Crippen LogP contribution >= 0.6 is 11.6 Å². The third-order valence-electron chi connectivity index (χ3n) is 2.75. The number of rotatable bonds is 5. The van der Waals surface area contributed by atoms with E-state index in [1.807, 2.05) is 20.0 Å². The Kier molecular flexibility index (Phi) is 5.38.